The molecule has 0 heterocycles. The minimum Gasteiger partial charge on any atom is -0.481 e. The Labute approximate surface area is 72.4 Å². The van der Waals surface area contributed by atoms with Gasteiger partial charge in [0.25, 0.3) is 0 Å². The zero-order valence-electron chi connectivity index (χ0n) is 8.17. The van der Waals surface area contributed by atoms with E-state index in [9.17, 15) is 9.36 Å². The second-order valence-corrected chi connectivity index (χ2v) is 4.01. The summed E-state index contributed by atoms with van der Waals surface area (Å²) >= 11 is 0. The number of aliphatic carboxylic acids is 1. The van der Waals surface area contributed by atoms with E-state index in [4.69, 9.17) is 23.4 Å². The van der Waals surface area contributed by atoms with E-state index < -0.39 is 32.1 Å². The highest BCUT2D eigenvalue weighted by atomic mass is 31.2. The molecule has 7 heteroatoms. The minimum absolute atomic E-state index is 0.385. The normalized spacial score (nSPS) is 17.9. The third-order valence-electron chi connectivity index (χ3n) is 1.04. The highest BCUT2D eigenvalue weighted by Gasteiger charge is 2.16. The fourth-order valence-electron chi connectivity index (χ4n) is 0.538. The van der Waals surface area contributed by atoms with Crippen LogP contribution in [0.3, 0.4) is 0 Å². The molecule has 6 nitrogen and oxygen atoms in total. The second kappa shape index (κ2) is 4.57. The van der Waals surface area contributed by atoms with Crippen LogP contribution in [-0.4, -0.2) is 33.1 Å². The van der Waals surface area contributed by atoms with Crippen molar-refractivity contribution < 1.29 is 27.0 Å². The third kappa shape index (κ3) is 7.68. The van der Waals surface area contributed by atoms with Crippen molar-refractivity contribution in [1.29, 1.82) is 0 Å². The molecular formula is C5H12NO5P. The van der Waals surface area contributed by atoms with Gasteiger partial charge < -0.3 is 20.6 Å². The largest absolute Gasteiger partial charge is 0.481 e. The van der Waals surface area contributed by atoms with Crippen LogP contribution in [0.5, 0.6) is 0 Å². The standard InChI is InChI=1S/C5H12NO5P/c6-4(3-5(7)8)1-2-12(9,10)11/h4H,1-3,6H2,(H,7,8)(H2,9,10,11)/i3D2. The van der Waals surface area contributed by atoms with Gasteiger partial charge in [-0.2, -0.15) is 0 Å². The summed E-state index contributed by atoms with van der Waals surface area (Å²) in [5.74, 6) is -1.74. The molecule has 1 unspecified atom stereocenters. The lowest BCUT2D eigenvalue weighted by Gasteiger charge is -2.08. The van der Waals surface area contributed by atoms with Gasteiger partial charge in [0.15, 0.2) is 0 Å². The van der Waals surface area contributed by atoms with Crippen LogP contribution in [0.1, 0.15) is 15.5 Å². The summed E-state index contributed by atoms with van der Waals surface area (Å²) < 4.78 is 24.4. The Hall–Kier alpha value is -0.420. The van der Waals surface area contributed by atoms with E-state index in [1.54, 1.807) is 0 Å². The molecule has 5 N–H and O–H groups in total. The molecular weight excluding hydrogens is 185 g/mol. The smallest absolute Gasteiger partial charge is 0.325 e. The predicted molar refractivity (Wildman–Crippen MR) is 41.8 cm³/mol. The van der Waals surface area contributed by atoms with Crippen LogP contribution in [-0.2, 0) is 9.36 Å². The molecule has 0 radical (unpaired) electrons. The van der Waals surface area contributed by atoms with Gasteiger partial charge in [0.05, 0.1) is 12.5 Å². The number of rotatable bonds is 5. The molecule has 0 amide bonds. The van der Waals surface area contributed by atoms with Gasteiger partial charge in [-0.1, -0.05) is 0 Å². The SMILES string of the molecule is [2H]C([2H])(C(=O)O)C(N)CCP(=O)(O)O. The maximum Gasteiger partial charge on any atom is 0.325 e. The quantitative estimate of drug-likeness (QED) is 0.437. The van der Waals surface area contributed by atoms with Gasteiger partial charge in [0, 0.05) is 8.78 Å². The molecule has 0 aliphatic rings. The van der Waals surface area contributed by atoms with Crippen molar-refractivity contribution in [3.05, 3.63) is 0 Å². The Morgan fingerprint density at radius 3 is 2.50 bits per heavy atom. The van der Waals surface area contributed by atoms with Crippen LogP contribution < -0.4 is 5.73 Å². The van der Waals surface area contributed by atoms with Crippen molar-refractivity contribution >= 4 is 13.6 Å². The zero-order chi connectivity index (χ0) is 11.6. The third-order valence-corrected chi connectivity index (χ3v) is 1.88. The first-order valence-corrected chi connectivity index (χ1v) is 4.90. The Morgan fingerprint density at radius 1 is 1.67 bits per heavy atom. The fraction of sp³-hybridized carbons (Fsp3) is 0.800. The molecule has 1 atom stereocenters. The molecule has 0 saturated heterocycles. The van der Waals surface area contributed by atoms with Crippen molar-refractivity contribution in [2.45, 2.75) is 18.8 Å². The molecule has 0 rings (SSSR count). The van der Waals surface area contributed by atoms with Crippen molar-refractivity contribution in [3.63, 3.8) is 0 Å². The summed E-state index contributed by atoms with van der Waals surface area (Å²) in [7, 11) is -4.26. The first-order valence-electron chi connectivity index (χ1n) is 4.11. The van der Waals surface area contributed by atoms with Gasteiger partial charge in [0.2, 0.25) is 0 Å². The van der Waals surface area contributed by atoms with Crippen molar-refractivity contribution in [1.82, 2.24) is 0 Å². The Balaban J connectivity index is 4.29. The Bertz CT molecular complexity index is 265. The number of carboxylic acid groups (broad SMARTS) is 1. The molecule has 0 aromatic heterocycles. The number of hydrogen-bond donors (Lipinski definition) is 4. The summed E-state index contributed by atoms with van der Waals surface area (Å²) in [6.45, 7) is 0. The van der Waals surface area contributed by atoms with Gasteiger partial charge >= 0.3 is 13.6 Å². The summed E-state index contributed by atoms with van der Waals surface area (Å²) in [5, 5.41) is 8.39. The highest BCUT2D eigenvalue weighted by molar-refractivity contribution is 7.51. The average Bonchev–Trinajstić information content (AvgIpc) is 1.98. The van der Waals surface area contributed by atoms with E-state index >= 15 is 0 Å². The van der Waals surface area contributed by atoms with Gasteiger partial charge in [-0.3, -0.25) is 9.36 Å². The van der Waals surface area contributed by atoms with Crippen LogP contribution in [0.25, 0.3) is 0 Å². The van der Waals surface area contributed by atoms with E-state index in [0.29, 0.717) is 0 Å². The van der Waals surface area contributed by atoms with Crippen molar-refractivity contribution in [2.75, 3.05) is 6.16 Å². The maximum absolute atomic E-state index is 10.4. The monoisotopic (exact) mass is 199 g/mol. The van der Waals surface area contributed by atoms with E-state index in [1.807, 2.05) is 0 Å². The Kier molecular flexibility index (Phi) is 3.12. The first kappa shape index (κ1) is 8.19. The van der Waals surface area contributed by atoms with Gasteiger partial charge in [0.1, 0.15) is 0 Å². The summed E-state index contributed by atoms with van der Waals surface area (Å²) in [4.78, 5) is 27.3. The zero-order valence-corrected chi connectivity index (χ0v) is 7.07. The predicted octanol–water partition coefficient (Wildman–Crippen LogP) is -0.644. The summed E-state index contributed by atoms with van der Waals surface area (Å²) in [6, 6.07) is -1.44. The molecule has 0 aromatic rings. The maximum atomic E-state index is 10.4. The first-order chi connectivity index (χ1) is 6.07. The van der Waals surface area contributed by atoms with Crippen LogP contribution in [0.15, 0.2) is 0 Å². The van der Waals surface area contributed by atoms with Gasteiger partial charge in [-0.25, -0.2) is 0 Å². The van der Waals surface area contributed by atoms with Gasteiger partial charge in [-0.05, 0) is 6.42 Å². The minimum atomic E-state index is -4.26. The topological polar surface area (TPSA) is 121 Å². The van der Waals surface area contributed by atoms with E-state index in [2.05, 4.69) is 0 Å². The number of carboxylic acids is 1. The summed E-state index contributed by atoms with van der Waals surface area (Å²) in [6.07, 6.45) is -3.68. The lowest BCUT2D eigenvalue weighted by atomic mass is 10.2. The molecule has 0 aliphatic heterocycles. The van der Waals surface area contributed by atoms with Crippen LogP contribution >= 0.6 is 7.60 Å². The van der Waals surface area contributed by atoms with E-state index in [1.165, 1.54) is 0 Å². The van der Waals surface area contributed by atoms with Crippen molar-refractivity contribution in [3.8, 4) is 0 Å². The van der Waals surface area contributed by atoms with Crippen molar-refractivity contribution in [2.24, 2.45) is 5.73 Å². The highest BCUT2D eigenvalue weighted by Crippen LogP contribution is 2.35. The molecule has 0 spiro atoms. The lowest BCUT2D eigenvalue weighted by Crippen LogP contribution is -2.24. The van der Waals surface area contributed by atoms with Crippen LogP contribution in [0.2, 0.25) is 0 Å². The molecule has 0 bridgehead atoms. The number of hydrogen-bond acceptors (Lipinski definition) is 3. The molecule has 72 valence electrons. The molecule has 0 saturated carbocycles. The van der Waals surface area contributed by atoms with E-state index in [0.717, 1.165) is 0 Å². The molecule has 0 aliphatic carbocycles. The average molecular weight is 199 g/mol. The van der Waals surface area contributed by atoms with Gasteiger partial charge in [-0.15, -0.1) is 0 Å². The Morgan fingerprint density at radius 2 is 2.17 bits per heavy atom. The van der Waals surface area contributed by atoms with Crippen LogP contribution in [0, 0.1) is 0 Å². The molecule has 0 fully saturated rings. The number of nitrogens with two attached hydrogens (primary N) is 1. The summed E-state index contributed by atoms with van der Waals surface area (Å²) in [5.41, 5.74) is 5.16. The second-order valence-electron chi connectivity index (χ2n) is 2.23. The molecule has 12 heavy (non-hydrogen) atoms. The lowest BCUT2D eigenvalue weighted by molar-refractivity contribution is -0.137. The fourth-order valence-corrected chi connectivity index (χ4v) is 1.15. The number of carbonyl (C=O) groups is 1. The molecule has 0 aromatic carbocycles. The van der Waals surface area contributed by atoms with E-state index in [-0.39, 0.29) is 6.42 Å². The van der Waals surface area contributed by atoms with Crippen LogP contribution in [0.4, 0.5) is 0 Å².